The Balaban J connectivity index is 0.000000855. The number of benzene rings is 1. The van der Waals surface area contributed by atoms with Crippen molar-refractivity contribution < 1.29 is 8.76 Å². The third-order valence-electron chi connectivity index (χ3n) is 4.96. The van der Waals surface area contributed by atoms with Crippen LogP contribution in [-0.2, 0) is 11.1 Å². The second-order valence-electron chi connectivity index (χ2n) is 6.57. The first-order valence-electron chi connectivity index (χ1n) is 10.6. The Morgan fingerprint density at radius 2 is 1.78 bits per heavy atom. The molecule has 5 nitrogen and oxygen atoms in total. The average Bonchev–Trinajstić information content (AvgIpc) is 3.00. The molecule has 6 heteroatoms. The molecule has 2 aliphatic rings. The Hall–Kier alpha value is -0.950. The fraction of sp³-hybridized carbons (Fsp3) is 0.714. The van der Waals surface area contributed by atoms with Gasteiger partial charge in [-0.3, -0.25) is 9.11 Å². The van der Waals surface area contributed by atoms with E-state index in [4.69, 9.17) is 0 Å². The maximum Gasteiger partial charge on any atom is 0.0378 e. The van der Waals surface area contributed by atoms with E-state index in [0.29, 0.717) is 4.90 Å². The molecule has 1 N–H and O–H groups in total. The SMILES string of the molecule is CC.CC.O=S([O-])c1cccc(N2CCN(CC3CCCNCC3)CC2)c1. The lowest BCUT2D eigenvalue weighted by Crippen LogP contribution is -2.47. The molecule has 0 saturated carbocycles. The standard InChI is InChI=1S/C17H27N3O2S.2C2H6/c21-23(22)17-5-1-4-16(13-17)20-11-9-19(10-12-20)14-15-3-2-7-18-8-6-15;2*1-2/h1,4-5,13,15,18H,2-3,6-12,14H2,(H,21,22);2*1-2H3/p-1. The van der Waals surface area contributed by atoms with E-state index >= 15 is 0 Å². The van der Waals surface area contributed by atoms with Crippen LogP contribution in [0.4, 0.5) is 5.69 Å². The highest BCUT2D eigenvalue weighted by Gasteiger charge is 2.21. The summed E-state index contributed by atoms with van der Waals surface area (Å²) in [4.78, 5) is 5.24. The summed E-state index contributed by atoms with van der Waals surface area (Å²) in [6, 6.07) is 7.24. The van der Waals surface area contributed by atoms with Gasteiger partial charge in [0.05, 0.1) is 0 Å². The van der Waals surface area contributed by atoms with Gasteiger partial charge in [0.2, 0.25) is 0 Å². The molecule has 1 aromatic carbocycles. The van der Waals surface area contributed by atoms with Gasteiger partial charge in [-0.25, -0.2) is 0 Å². The van der Waals surface area contributed by atoms with E-state index in [1.807, 2.05) is 39.8 Å². The van der Waals surface area contributed by atoms with Gasteiger partial charge in [-0.1, -0.05) is 33.8 Å². The lowest BCUT2D eigenvalue weighted by Gasteiger charge is -2.37. The monoisotopic (exact) mass is 396 g/mol. The molecule has 2 fully saturated rings. The molecule has 2 aliphatic heterocycles. The van der Waals surface area contributed by atoms with Crippen LogP contribution in [-0.4, -0.2) is 59.5 Å². The normalized spacial score (nSPS) is 21.8. The number of hydrogen-bond acceptors (Lipinski definition) is 5. The van der Waals surface area contributed by atoms with E-state index in [2.05, 4.69) is 15.1 Å². The fourth-order valence-corrected chi connectivity index (χ4v) is 4.02. The molecule has 3 rings (SSSR count). The Morgan fingerprint density at radius 3 is 2.44 bits per heavy atom. The van der Waals surface area contributed by atoms with Gasteiger partial charge in [0.15, 0.2) is 0 Å². The van der Waals surface area contributed by atoms with Crippen molar-refractivity contribution in [2.24, 2.45) is 5.92 Å². The van der Waals surface area contributed by atoms with Crippen LogP contribution in [0.25, 0.3) is 0 Å². The molecule has 2 saturated heterocycles. The van der Waals surface area contributed by atoms with Crippen LogP contribution >= 0.6 is 0 Å². The van der Waals surface area contributed by atoms with Gasteiger partial charge < -0.3 is 14.8 Å². The number of anilines is 1. The third-order valence-corrected chi connectivity index (χ3v) is 5.60. The summed E-state index contributed by atoms with van der Waals surface area (Å²) in [5.74, 6) is 0.822. The van der Waals surface area contributed by atoms with Gasteiger partial charge in [-0.15, -0.1) is 0 Å². The first kappa shape index (κ1) is 24.1. The zero-order valence-corrected chi connectivity index (χ0v) is 18.4. The molecular formula is C21H38N3O2S-. The molecule has 0 amide bonds. The molecule has 2 atom stereocenters. The zero-order valence-electron chi connectivity index (χ0n) is 17.6. The first-order valence-corrected chi connectivity index (χ1v) is 11.7. The minimum Gasteiger partial charge on any atom is -0.768 e. The van der Waals surface area contributed by atoms with E-state index in [-0.39, 0.29) is 0 Å². The van der Waals surface area contributed by atoms with Crippen molar-refractivity contribution in [2.45, 2.75) is 51.9 Å². The van der Waals surface area contributed by atoms with Crippen LogP contribution in [0.3, 0.4) is 0 Å². The highest BCUT2D eigenvalue weighted by Crippen LogP contribution is 2.21. The number of piperazine rings is 1. The van der Waals surface area contributed by atoms with Gasteiger partial charge in [-0.05, 0) is 67.5 Å². The Morgan fingerprint density at radius 1 is 1.07 bits per heavy atom. The third kappa shape index (κ3) is 8.30. The summed E-state index contributed by atoms with van der Waals surface area (Å²) < 4.78 is 22.2. The minimum absolute atomic E-state index is 0.371. The molecule has 2 heterocycles. The summed E-state index contributed by atoms with van der Waals surface area (Å²) >= 11 is -2.15. The highest BCUT2D eigenvalue weighted by atomic mass is 32.2. The molecule has 2 unspecified atom stereocenters. The van der Waals surface area contributed by atoms with Crippen LogP contribution in [0, 0.1) is 5.92 Å². The number of hydrogen-bond donors (Lipinski definition) is 1. The van der Waals surface area contributed by atoms with Gasteiger partial charge in [-0.2, -0.15) is 0 Å². The van der Waals surface area contributed by atoms with E-state index < -0.39 is 11.1 Å². The molecule has 0 aliphatic carbocycles. The molecule has 156 valence electrons. The van der Waals surface area contributed by atoms with Gasteiger partial charge in [0, 0.05) is 43.3 Å². The second kappa shape index (κ2) is 14.1. The van der Waals surface area contributed by atoms with Crippen LogP contribution in [0.1, 0.15) is 47.0 Å². The first-order chi connectivity index (χ1) is 13.2. The number of nitrogens with one attached hydrogen (secondary N) is 1. The van der Waals surface area contributed by atoms with Crippen molar-refractivity contribution in [3.8, 4) is 0 Å². The lowest BCUT2D eigenvalue weighted by atomic mass is 10.00. The van der Waals surface area contributed by atoms with Crippen LogP contribution in [0.15, 0.2) is 29.2 Å². The summed E-state index contributed by atoms with van der Waals surface area (Å²) in [6.07, 6.45) is 3.92. The topological polar surface area (TPSA) is 58.6 Å². The summed E-state index contributed by atoms with van der Waals surface area (Å²) in [5, 5.41) is 3.48. The van der Waals surface area contributed by atoms with Gasteiger partial charge in [0.25, 0.3) is 0 Å². The lowest BCUT2D eigenvalue weighted by molar-refractivity contribution is 0.210. The van der Waals surface area contributed by atoms with Crippen molar-refractivity contribution in [3.63, 3.8) is 0 Å². The van der Waals surface area contributed by atoms with E-state index in [9.17, 15) is 8.76 Å². The molecule has 0 aromatic heterocycles. The summed E-state index contributed by atoms with van der Waals surface area (Å²) in [7, 11) is 0. The van der Waals surface area contributed by atoms with Gasteiger partial charge >= 0.3 is 0 Å². The molecule has 0 bridgehead atoms. The fourth-order valence-electron chi connectivity index (χ4n) is 3.61. The quantitative estimate of drug-likeness (QED) is 0.790. The summed E-state index contributed by atoms with van der Waals surface area (Å²) in [5.41, 5.74) is 1.02. The van der Waals surface area contributed by atoms with Crippen molar-refractivity contribution in [2.75, 3.05) is 50.7 Å². The zero-order chi connectivity index (χ0) is 20.1. The van der Waals surface area contributed by atoms with E-state index in [1.54, 1.807) is 12.1 Å². The maximum atomic E-state index is 11.1. The second-order valence-corrected chi connectivity index (χ2v) is 7.51. The van der Waals surface area contributed by atoms with E-state index in [1.165, 1.54) is 32.4 Å². The van der Waals surface area contributed by atoms with Crippen molar-refractivity contribution in [3.05, 3.63) is 24.3 Å². The largest absolute Gasteiger partial charge is 0.768 e. The van der Waals surface area contributed by atoms with Crippen LogP contribution in [0.2, 0.25) is 0 Å². The number of rotatable bonds is 4. The Kier molecular flexibility index (Phi) is 12.6. The maximum absolute atomic E-state index is 11.1. The predicted octanol–water partition coefficient (Wildman–Crippen LogP) is 3.49. The highest BCUT2D eigenvalue weighted by molar-refractivity contribution is 7.79. The molecule has 1 aromatic rings. The minimum atomic E-state index is -2.15. The average molecular weight is 397 g/mol. The summed E-state index contributed by atoms with van der Waals surface area (Å²) in [6.45, 7) is 15.6. The van der Waals surface area contributed by atoms with Gasteiger partial charge in [0.1, 0.15) is 0 Å². The molecule has 0 radical (unpaired) electrons. The van der Waals surface area contributed by atoms with E-state index in [0.717, 1.165) is 44.3 Å². The Labute approximate surface area is 168 Å². The predicted molar refractivity (Wildman–Crippen MR) is 115 cm³/mol. The van der Waals surface area contributed by atoms with Crippen molar-refractivity contribution in [1.29, 1.82) is 0 Å². The molecule has 27 heavy (non-hydrogen) atoms. The van der Waals surface area contributed by atoms with Crippen molar-refractivity contribution in [1.82, 2.24) is 10.2 Å². The van der Waals surface area contributed by atoms with Crippen LogP contribution < -0.4 is 10.2 Å². The number of nitrogens with zero attached hydrogens (tertiary/aromatic N) is 2. The molecule has 0 spiro atoms. The molecular weight excluding hydrogens is 358 g/mol. The van der Waals surface area contributed by atoms with Crippen molar-refractivity contribution >= 4 is 16.8 Å². The Bertz CT molecular complexity index is 526. The van der Waals surface area contributed by atoms with Crippen LogP contribution in [0.5, 0.6) is 0 Å². The smallest absolute Gasteiger partial charge is 0.0378 e.